The zero-order chi connectivity index (χ0) is 13.5. The lowest BCUT2D eigenvalue weighted by Crippen LogP contribution is -2.19. The van der Waals surface area contributed by atoms with Gasteiger partial charge in [-0.15, -0.1) is 0 Å². The molecule has 0 aromatic carbocycles. The Morgan fingerprint density at radius 2 is 1.90 bits per heavy atom. The quantitative estimate of drug-likeness (QED) is 0.920. The third-order valence-electron chi connectivity index (χ3n) is 5.05. The average molecular weight is 270 g/mol. The number of rotatable bonds is 3. The molecule has 2 saturated carbocycles. The number of imidazole rings is 1. The van der Waals surface area contributed by atoms with E-state index in [0.29, 0.717) is 11.8 Å². The molecule has 2 aromatic rings. The summed E-state index contributed by atoms with van der Waals surface area (Å²) < 4.78 is 2.12. The first-order valence-electron chi connectivity index (χ1n) is 7.97. The SMILES string of the molecule is O[C@@H](c1c(C2CC2)ccc2cncn12)C1CCCCC1. The summed E-state index contributed by atoms with van der Waals surface area (Å²) in [5.74, 6) is 1.09. The molecule has 0 unspecified atom stereocenters. The van der Waals surface area contributed by atoms with Crippen LogP contribution in [0.4, 0.5) is 0 Å². The predicted molar refractivity (Wildman–Crippen MR) is 78.7 cm³/mol. The molecule has 0 spiro atoms. The van der Waals surface area contributed by atoms with Gasteiger partial charge in [-0.2, -0.15) is 0 Å². The number of aromatic nitrogens is 2. The van der Waals surface area contributed by atoms with E-state index in [1.54, 1.807) is 0 Å². The monoisotopic (exact) mass is 270 g/mol. The van der Waals surface area contributed by atoms with Crippen molar-refractivity contribution in [1.29, 1.82) is 0 Å². The van der Waals surface area contributed by atoms with Gasteiger partial charge in [0.1, 0.15) is 0 Å². The van der Waals surface area contributed by atoms with Gasteiger partial charge in [-0.1, -0.05) is 25.3 Å². The minimum Gasteiger partial charge on any atom is -0.387 e. The van der Waals surface area contributed by atoms with Crippen molar-refractivity contribution in [3.63, 3.8) is 0 Å². The second-order valence-electron chi connectivity index (χ2n) is 6.48. The highest BCUT2D eigenvalue weighted by Gasteiger charge is 2.32. The lowest BCUT2D eigenvalue weighted by molar-refractivity contribution is 0.0793. The molecule has 106 valence electrons. The van der Waals surface area contributed by atoms with Crippen LogP contribution in [0, 0.1) is 5.92 Å². The van der Waals surface area contributed by atoms with Crippen molar-refractivity contribution in [3.8, 4) is 0 Å². The smallest absolute Gasteiger partial charge is 0.0995 e. The van der Waals surface area contributed by atoms with E-state index in [9.17, 15) is 5.11 Å². The van der Waals surface area contributed by atoms with Crippen LogP contribution in [0.5, 0.6) is 0 Å². The maximum absolute atomic E-state index is 11.0. The second kappa shape index (κ2) is 4.88. The Hall–Kier alpha value is -1.35. The number of nitrogens with zero attached hydrogens (tertiary/aromatic N) is 2. The molecule has 0 saturated heterocycles. The number of fused-ring (bicyclic) bond motifs is 1. The van der Waals surface area contributed by atoms with Crippen molar-refractivity contribution in [3.05, 3.63) is 35.9 Å². The summed E-state index contributed by atoms with van der Waals surface area (Å²) in [6, 6.07) is 4.35. The fourth-order valence-corrected chi connectivity index (χ4v) is 3.76. The summed E-state index contributed by atoms with van der Waals surface area (Å²) in [6.45, 7) is 0. The molecule has 0 bridgehead atoms. The van der Waals surface area contributed by atoms with Gasteiger partial charge in [-0.05, 0) is 49.1 Å². The van der Waals surface area contributed by atoms with Gasteiger partial charge < -0.3 is 9.51 Å². The zero-order valence-electron chi connectivity index (χ0n) is 11.8. The molecule has 2 fully saturated rings. The molecule has 2 heterocycles. The van der Waals surface area contributed by atoms with Crippen LogP contribution in [0.1, 0.15) is 68.2 Å². The van der Waals surface area contributed by atoms with Gasteiger partial charge in [-0.25, -0.2) is 4.98 Å². The largest absolute Gasteiger partial charge is 0.387 e. The molecule has 0 amide bonds. The lowest BCUT2D eigenvalue weighted by Gasteiger charge is -2.28. The van der Waals surface area contributed by atoms with Crippen LogP contribution < -0.4 is 0 Å². The molecule has 20 heavy (non-hydrogen) atoms. The standard InChI is InChI=1S/C17H22N2O/c20-17(13-4-2-1-3-5-13)16-15(12-6-7-12)9-8-14-10-18-11-19(14)16/h8-13,17,20H,1-7H2/t17-/m1/s1. The molecule has 2 aliphatic carbocycles. The van der Waals surface area contributed by atoms with Crippen molar-refractivity contribution in [2.75, 3.05) is 0 Å². The van der Waals surface area contributed by atoms with Gasteiger partial charge in [0, 0.05) is 0 Å². The minimum absolute atomic E-state index is 0.330. The Morgan fingerprint density at radius 3 is 2.65 bits per heavy atom. The van der Waals surface area contributed by atoms with Gasteiger partial charge >= 0.3 is 0 Å². The van der Waals surface area contributed by atoms with E-state index in [-0.39, 0.29) is 6.10 Å². The third-order valence-corrected chi connectivity index (χ3v) is 5.05. The van der Waals surface area contributed by atoms with Crippen LogP contribution in [0.2, 0.25) is 0 Å². The second-order valence-corrected chi connectivity index (χ2v) is 6.48. The van der Waals surface area contributed by atoms with E-state index in [4.69, 9.17) is 0 Å². The molecule has 2 aromatic heterocycles. The highest BCUT2D eigenvalue weighted by Crippen LogP contribution is 2.45. The van der Waals surface area contributed by atoms with Gasteiger partial charge in [0.15, 0.2) is 0 Å². The van der Waals surface area contributed by atoms with Crippen LogP contribution in [-0.2, 0) is 0 Å². The number of aliphatic hydroxyl groups excluding tert-OH is 1. The van der Waals surface area contributed by atoms with E-state index < -0.39 is 0 Å². The van der Waals surface area contributed by atoms with Crippen LogP contribution in [-0.4, -0.2) is 14.5 Å². The molecule has 0 radical (unpaired) electrons. The van der Waals surface area contributed by atoms with Crippen molar-refractivity contribution in [2.24, 2.45) is 5.92 Å². The summed E-state index contributed by atoms with van der Waals surface area (Å²) in [5.41, 5.74) is 3.57. The fraction of sp³-hybridized carbons (Fsp3) is 0.588. The first-order chi connectivity index (χ1) is 9.84. The third kappa shape index (κ3) is 2.05. The minimum atomic E-state index is -0.330. The molecular weight excluding hydrogens is 248 g/mol. The van der Waals surface area contributed by atoms with Crippen LogP contribution >= 0.6 is 0 Å². The summed E-state index contributed by atoms with van der Waals surface area (Å²) in [7, 11) is 0. The maximum atomic E-state index is 11.0. The van der Waals surface area contributed by atoms with Crippen molar-refractivity contribution < 1.29 is 5.11 Å². The van der Waals surface area contributed by atoms with Crippen molar-refractivity contribution in [2.45, 2.75) is 57.0 Å². The summed E-state index contributed by atoms with van der Waals surface area (Å²) in [4.78, 5) is 4.26. The Balaban J connectivity index is 1.79. The van der Waals surface area contributed by atoms with E-state index in [2.05, 4.69) is 21.5 Å². The number of hydrogen-bond acceptors (Lipinski definition) is 2. The number of hydrogen-bond donors (Lipinski definition) is 1. The molecule has 2 aliphatic rings. The van der Waals surface area contributed by atoms with Gasteiger partial charge in [-0.3, -0.25) is 0 Å². The van der Waals surface area contributed by atoms with Crippen molar-refractivity contribution >= 4 is 5.52 Å². The Morgan fingerprint density at radius 1 is 1.10 bits per heavy atom. The normalized spacial score (nSPS) is 22.2. The van der Waals surface area contributed by atoms with Gasteiger partial charge in [0.25, 0.3) is 0 Å². The Labute approximate surface area is 119 Å². The lowest BCUT2D eigenvalue weighted by atomic mass is 9.82. The zero-order valence-corrected chi connectivity index (χ0v) is 11.8. The van der Waals surface area contributed by atoms with Crippen LogP contribution in [0.3, 0.4) is 0 Å². The average Bonchev–Trinajstić information content (AvgIpc) is 3.23. The molecule has 3 heteroatoms. The fourth-order valence-electron chi connectivity index (χ4n) is 3.76. The van der Waals surface area contributed by atoms with Crippen LogP contribution in [0.15, 0.2) is 24.7 Å². The molecule has 4 rings (SSSR count). The summed E-state index contributed by atoms with van der Waals surface area (Å²) in [6.07, 6.45) is 12.1. The highest BCUT2D eigenvalue weighted by molar-refractivity contribution is 5.50. The van der Waals surface area contributed by atoms with Crippen LogP contribution in [0.25, 0.3) is 5.52 Å². The summed E-state index contributed by atoms with van der Waals surface area (Å²) in [5, 5.41) is 11.0. The molecular formula is C17H22N2O. The van der Waals surface area contributed by atoms with E-state index in [0.717, 1.165) is 24.1 Å². The first kappa shape index (κ1) is 12.4. The topological polar surface area (TPSA) is 37.5 Å². The van der Waals surface area contributed by atoms with E-state index in [1.807, 2.05) is 12.5 Å². The Bertz CT molecular complexity index is 608. The van der Waals surface area contributed by atoms with Crippen molar-refractivity contribution in [1.82, 2.24) is 9.38 Å². The summed E-state index contributed by atoms with van der Waals surface area (Å²) >= 11 is 0. The highest BCUT2D eigenvalue weighted by atomic mass is 16.3. The number of aliphatic hydroxyl groups is 1. The molecule has 1 atom stereocenters. The number of pyridine rings is 1. The van der Waals surface area contributed by atoms with E-state index >= 15 is 0 Å². The van der Waals surface area contributed by atoms with Gasteiger partial charge in [0.05, 0.1) is 29.8 Å². The van der Waals surface area contributed by atoms with Gasteiger partial charge in [0.2, 0.25) is 0 Å². The Kier molecular flexibility index (Phi) is 3.03. The molecule has 3 nitrogen and oxygen atoms in total. The molecule has 1 N–H and O–H groups in total. The maximum Gasteiger partial charge on any atom is 0.0995 e. The van der Waals surface area contributed by atoms with E-state index in [1.165, 1.54) is 37.7 Å². The molecule has 0 aliphatic heterocycles. The first-order valence-corrected chi connectivity index (χ1v) is 7.97. The predicted octanol–water partition coefficient (Wildman–Crippen LogP) is 3.83.